The zero-order valence-electron chi connectivity index (χ0n) is 16.8. The van der Waals surface area contributed by atoms with E-state index in [0.29, 0.717) is 12.2 Å². The van der Waals surface area contributed by atoms with Crippen molar-refractivity contribution in [1.29, 1.82) is 0 Å². The zero-order chi connectivity index (χ0) is 20.1. The minimum atomic E-state index is -0.123. The third-order valence-corrected chi connectivity index (χ3v) is 7.65. The Bertz CT molecular complexity index is 832. The molecule has 0 aromatic heterocycles. The molecule has 2 heterocycles. The molecule has 2 aliphatic rings. The Labute approximate surface area is 177 Å². The molecule has 2 amide bonds. The van der Waals surface area contributed by atoms with Gasteiger partial charge in [-0.2, -0.15) is 0 Å². The number of hydrogen-bond acceptors (Lipinski definition) is 3. The Kier molecular flexibility index (Phi) is 6.24. The highest BCUT2D eigenvalue weighted by Gasteiger charge is 2.47. The van der Waals surface area contributed by atoms with Crippen LogP contribution in [-0.4, -0.2) is 51.9 Å². The lowest BCUT2D eigenvalue weighted by Crippen LogP contribution is -2.53. The number of rotatable bonds is 6. The second-order valence-electron chi connectivity index (χ2n) is 7.88. The van der Waals surface area contributed by atoms with Gasteiger partial charge in [-0.05, 0) is 36.8 Å². The molecule has 0 aliphatic carbocycles. The summed E-state index contributed by atoms with van der Waals surface area (Å²) >= 11 is 1.78. The van der Waals surface area contributed by atoms with E-state index in [4.69, 9.17) is 0 Å². The molecule has 29 heavy (non-hydrogen) atoms. The van der Waals surface area contributed by atoms with Gasteiger partial charge in [0.15, 0.2) is 0 Å². The lowest BCUT2D eigenvalue weighted by atomic mass is 10.00. The molecule has 0 bridgehead atoms. The van der Waals surface area contributed by atoms with Gasteiger partial charge < -0.3 is 9.80 Å². The van der Waals surface area contributed by atoms with Crippen LogP contribution in [0.3, 0.4) is 0 Å². The molecule has 2 aliphatic heterocycles. The lowest BCUT2D eigenvalue weighted by Gasteiger charge is -2.44. The summed E-state index contributed by atoms with van der Waals surface area (Å²) in [6, 6.07) is 20.5. The molecule has 4 nitrogen and oxygen atoms in total. The third kappa shape index (κ3) is 4.67. The van der Waals surface area contributed by atoms with Crippen molar-refractivity contribution in [2.45, 2.75) is 37.0 Å². The summed E-state index contributed by atoms with van der Waals surface area (Å²) in [7, 11) is 0. The number of benzene rings is 2. The fourth-order valence-electron chi connectivity index (χ4n) is 4.37. The van der Waals surface area contributed by atoms with Crippen molar-refractivity contribution in [3.05, 3.63) is 71.8 Å². The maximum Gasteiger partial charge on any atom is 0.233 e. The average molecular weight is 409 g/mol. The number of hydrogen-bond donors (Lipinski definition) is 0. The molecule has 0 N–H and O–H groups in total. The van der Waals surface area contributed by atoms with Crippen molar-refractivity contribution in [2.75, 3.05) is 25.4 Å². The predicted molar refractivity (Wildman–Crippen MR) is 118 cm³/mol. The first-order valence-electron chi connectivity index (χ1n) is 10.5. The molecule has 2 aromatic rings. The maximum absolute atomic E-state index is 12.7. The Balaban J connectivity index is 1.31. The molecule has 1 spiro atoms. The summed E-state index contributed by atoms with van der Waals surface area (Å²) in [4.78, 5) is 29.2. The number of piperidine rings is 1. The van der Waals surface area contributed by atoms with Gasteiger partial charge >= 0.3 is 0 Å². The van der Waals surface area contributed by atoms with Crippen LogP contribution in [0.4, 0.5) is 0 Å². The molecule has 2 fully saturated rings. The third-order valence-electron chi connectivity index (χ3n) is 6.09. The van der Waals surface area contributed by atoms with Gasteiger partial charge in [-0.25, -0.2) is 0 Å². The van der Waals surface area contributed by atoms with Gasteiger partial charge in [-0.1, -0.05) is 60.7 Å². The maximum atomic E-state index is 12.7. The molecule has 0 saturated carbocycles. The Morgan fingerprint density at radius 1 is 0.897 bits per heavy atom. The molecule has 4 rings (SSSR count). The van der Waals surface area contributed by atoms with Gasteiger partial charge in [0.1, 0.15) is 0 Å². The molecule has 2 saturated heterocycles. The molecule has 0 atom stereocenters. The topological polar surface area (TPSA) is 40.6 Å². The van der Waals surface area contributed by atoms with Gasteiger partial charge in [0.05, 0.1) is 10.6 Å². The fourth-order valence-corrected chi connectivity index (χ4v) is 5.74. The second kappa shape index (κ2) is 9.04. The minimum Gasteiger partial charge on any atom is -0.342 e. The number of thioether (sulfide) groups is 1. The molecular weight excluding hydrogens is 380 g/mol. The van der Waals surface area contributed by atoms with Crippen LogP contribution in [-0.2, 0) is 22.4 Å². The van der Waals surface area contributed by atoms with E-state index in [-0.39, 0.29) is 16.7 Å². The lowest BCUT2D eigenvalue weighted by molar-refractivity contribution is -0.135. The van der Waals surface area contributed by atoms with Gasteiger partial charge in [0.25, 0.3) is 0 Å². The Hall–Kier alpha value is -2.27. The molecular formula is C24H28N2O2S. The van der Waals surface area contributed by atoms with Crippen molar-refractivity contribution < 1.29 is 9.59 Å². The molecule has 0 unspecified atom stereocenters. The van der Waals surface area contributed by atoms with Crippen LogP contribution in [0, 0.1) is 0 Å². The van der Waals surface area contributed by atoms with Crippen molar-refractivity contribution in [3.63, 3.8) is 0 Å². The van der Waals surface area contributed by atoms with Crippen LogP contribution in [0.25, 0.3) is 0 Å². The fraction of sp³-hybridized carbons (Fsp3) is 0.417. The van der Waals surface area contributed by atoms with E-state index in [9.17, 15) is 9.59 Å². The molecule has 0 radical (unpaired) electrons. The van der Waals surface area contributed by atoms with E-state index in [1.807, 2.05) is 41.3 Å². The summed E-state index contributed by atoms with van der Waals surface area (Å²) in [6.07, 6.45) is 3.97. The van der Waals surface area contributed by atoms with Crippen LogP contribution >= 0.6 is 11.8 Å². The Morgan fingerprint density at radius 2 is 1.48 bits per heavy atom. The molecule has 152 valence electrons. The summed E-state index contributed by atoms with van der Waals surface area (Å²) < 4.78 is 0. The van der Waals surface area contributed by atoms with E-state index in [1.165, 1.54) is 11.1 Å². The number of amides is 2. The van der Waals surface area contributed by atoms with Gasteiger partial charge in [-0.3, -0.25) is 9.59 Å². The van der Waals surface area contributed by atoms with E-state index >= 15 is 0 Å². The van der Waals surface area contributed by atoms with Gasteiger partial charge in [-0.15, -0.1) is 11.8 Å². The Morgan fingerprint density at radius 3 is 2.10 bits per heavy atom. The van der Waals surface area contributed by atoms with Crippen molar-refractivity contribution in [1.82, 2.24) is 9.80 Å². The van der Waals surface area contributed by atoms with Crippen LogP contribution in [0.5, 0.6) is 0 Å². The van der Waals surface area contributed by atoms with Crippen LogP contribution < -0.4 is 0 Å². The number of likely N-dealkylation sites (tertiary alicyclic amines) is 1. The van der Waals surface area contributed by atoms with E-state index in [0.717, 1.165) is 45.3 Å². The normalized spacial score (nSPS) is 18.4. The number of nitrogens with zero attached hydrogens (tertiary/aromatic N) is 2. The van der Waals surface area contributed by atoms with Gasteiger partial charge in [0, 0.05) is 26.1 Å². The SMILES string of the molecule is O=C(CCc1ccccc1)N1CCC2(CC1)SCC(=O)N2CCc1ccccc1. The monoisotopic (exact) mass is 408 g/mol. The van der Waals surface area contributed by atoms with Gasteiger partial charge in [0.2, 0.25) is 11.8 Å². The minimum absolute atomic E-state index is 0.123. The summed E-state index contributed by atoms with van der Waals surface area (Å²) in [5.74, 6) is 1.04. The first-order valence-corrected chi connectivity index (χ1v) is 11.4. The second-order valence-corrected chi connectivity index (χ2v) is 9.22. The standard InChI is InChI=1S/C24H28N2O2S/c27-22(12-11-20-7-3-1-4-8-20)25-17-14-24(15-18-25)26(23(28)19-29-24)16-13-21-9-5-2-6-10-21/h1-10H,11-19H2. The number of aryl methyl sites for hydroxylation is 1. The zero-order valence-corrected chi connectivity index (χ0v) is 17.6. The van der Waals surface area contributed by atoms with E-state index < -0.39 is 0 Å². The van der Waals surface area contributed by atoms with Crippen LogP contribution in [0.15, 0.2) is 60.7 Å². The van der Waals surface area contributed by atoms with E-state index in [1.54, 1.807) is 11.8 Å². The van der Waals surface area contributed by atoms with Crippen molar-refractivity contribution in [3.8, 4) is 0 Å². The summed E-state index contributed by atoms with van der Waals surface area (Å²) in [5.41, 5.74) is 2.47. The van der Waals surface area contributed by atoms with Crippen molar-refractivity contribution >= 4 is 23.6 Å². The summed E-state index contributed by atoms with van der Waals surface area (Å²) in [5, 5.41) is 0. The van der Waals surface area contributed by atoms with E-state index in [2.05, 4.69) is 29.2 Å². The largest absolute Gasteiger partial charge is 0.342 e. The molecule has 2 aromatic carbocycles. The smallest absolute Gasteiger partial charge is 0.233 e. The first-order chi connectivity index (χ1) is 14.2. The molecule has 5 heteroatoms. The highest BCUT2D eigenvalue weighted by molar-refractivity contribution is 8.01. The quantitative estimate of drug-likeness (QED) is 0.731. The van der Waals surface area contributed by atoms with Crippen molar-refractivity contribution in [2.24, 2.45) is 0 Å². The van der Waals surface area contributed by atoms with Crippen LogP contribution in [0.1, 0.15) is 30.4 Å². The summed E-state index contributed by atoms with van der Waals surface area (Å²) in [6.45, 7) is 2.25. The highest BCUT2D eigenvalue weighted by atomic mass is 32.2. The average Bonchev–Trinajstić information content (AvgIpc) is 3.07. The number of carbonyl (C=O) groups excluding carboxylic acids is 2. The highest BCUT2D eigenvalue weighted by Crippen LogP contribution is 2.44. The van der Waals surface area contributed by atoms with Crippen LogP contribution in [0.2, 0.25) is 0 Å². The predicted octanol–water partition coefficient (Wildman–Crippen LogP) is 3.76. The number of carbonyl (C=O) groups is 2. The first kappa shape index (κ1) is 20.0.